The van der Waals surface area contributed by atoms with Crippen LogP contribution in [0, 0.1) is 22.7 Å². The van der Waals surface area contributed by atoms with E-state index in [1.54, 1.807) is 72.8 Å². The second kappa shape index (κ2) is 17.9. The Hall–Kier alpha value is -8.64. The van der Waals surface area contributed by atoms with Gasteiger partial charge in [-0.05, 0) is 241 Å². The molecule has 12 N–H and O–H groups in total. The van der Waals surface area contributed by atoms with E-state index in [9.17, 15) is 20.4 Å². The molecule has 8 aromatic rings. The van der Waals surface area contributed by atoms with Crippen LogP contribution in [0.2, 0.25) is 0 Å². The molecule has 0 aliphatic heterocycles. The normalized spacial score (nSPS) is 28.6. The summed E-state index contributed by atoms with van der Waals surface area (Å²) in [6.45, 7) is 0. The molecular formula is C68H66N4O8. The highest BCUT2D eigenvalue weighted by atomic mass is 16.5. The molecule has 0 amide bonds. The number of anilines is 4. The minimum absolute atomic E-state index is 0.0113. The number of ether oxygens (including phenoxy) is 4. The van der Waals surface area contributed by atoms with Gasteiger partial charge in [0.15, 0.2) is 23.0 Å². The van der Waals surface area contributed by atoms with Crippen molar-refractivity contribution in [2.24, 2.45) is 22.7 Å². The minimum Gasteiger partial charge on any atom is -0.506 e. The van der Waals surface area contributed by atoms with Gasteiger partial charge in [0.2, 0.25) is 0 Å². The lowest BCUT2D eigenvalue weighted by Crippen LogP contribution is -2.70. The Kier molecular flexibility index (Phi) is 11.1. The summed E-state index contributed by atoms with van der Waals surface area (Å²) in [5.74, 6) is 5.25. The van der Waals surface area contributed by atoms with Crippen molar-refractivity contribution in [3.05, 3.63) is 192 Å². The van der Waals surface area contributed by atoms with E-state index in [0.29, 0.717) is 57.8 Å². The molecule has 16 rings (SSSR count). The molecule has 8 aliphatic carbocycles. The van der Waals surface area contributed by atoms with Crippen LogP contribution in [0.15, 0.2) is 170 Å². The van der Waals surface area contributed by atoms with Crippen LogP contribution in [-0.2, 0) is 21.7 Å². The molecule has 0 saturated heterocycles. The molecule has 0 heterocycles. The van der Waals surface area contributed by atoms with Gasteiger partial charge < -0.3 is 62.3 Å². The highest BCUT2D eigenvalue weighted by Gasteiger charge is 2.75. The summed E-state index contributed by atoms with van der Waals surface area (Å²) >= 11 is 0. The minimum atomic E-state index is -0.129. The lowest BCUT2D eigenvalue weighted by atomic mass is 9.26. The fourth-order valence-electron chi connectivity index (χ4n) is 17.8. The first kappa shape index (κ1) is 49.6. The fourth-order valence-corrected chi connectivity index (χ4v) is 17.8. The maximum Gasteiger partial charge on any atom is 0.154 e. The number of phenolic OH excluding ortho intramolecular Hbond substituents is 4. The van der Waals surface area contributed by atoms with Crippen molar-refractivity contribution in [3.63, 3.8) is 0 Å². The van der Waals surface area contributed by atoms with Crippen LogP contribution in [0.3, 0.4) is 0 Å². The van der Waals surface area contributed by atoms with Gasteiger partial charge in [-0.15, -0.1) is 0 Å². The third-order valence-electron chi connectivity index (χ3n) is 20.2. The summed E-state index contributed by atoms with van der Waals surface area (Å²) in [4.78, 5) is 0. The highest BCUT2D eigenvalue weighted by molar-refractivity contribution is 5.66. The summed E-state index contributed by atoms with van der Waals surface area (Å²) in [6.07, 6.45) is 13.2. The fraction of sp³-hybridized carbons (Fsp3) is 0.294. The van der Waals surface area contributed by atoms with Gasteiger partial charge in [-0.3, -0.25) is 0 Å². The van der Waals surface area contributed by atoms with Gasteiger partial charge in [-0.25, -0.2) is 0 Å². The number of para-hydroxylation sites is 4. The molecular weight excluding hydrogens is 1000 g/mol. The summed E-state index contributed by atoms with van der Waals surface area (Å²) < 4.78 is 25.4. The second-order valence-corrected chi connectivity index (χ2v) is 25.0. The second-order valence-electron chi connectivity index (χ2n) is 25.0. The zero-order valence-electron chi connectivity index (χ0n) is 44.5. The van der Waals surface area contributed by atoms with Crippen molar-refractivity contribution < 1.29 is 39.4 Å². The van der Waals surface area contributed by atoms with E-state index in [4.69, 9.17) is 41.9 Å². The molecule has 4 unspecified atom stereocenters. The molecule has 8 aliphatic rings. The molecule has 0 radical (unpaired) electrons. The van der Waals surface area contributed by atoms with E-state index >= 15 is 0 Å². The molecule has 0 aromatic heterocycles. The summed E-state index contributed by atoms with van der Waals surface area (Å²) in [7, 11) is 0. The van der Waals surface area contributed by atoms with Crippen LogP contribution in [0.5, 0.6) is 69.0 Å². The van der Waals surface area contributed by atoms with Gasteiger partial charge >= 0.3 is 0 Å². The predicted octanol–water partition coefficient (Wildman–Crippen LogP) is 15.0. The van der Waals surface area contributed by atoms with E-state index < -0.39 is 0 Å². The Morgan fingerprint density at radius 1 is 0.287 bits per heavy atom. The number of rotatable bonds is 13. The maximum absolute atomic E-state index is 10.4. The largest absolute Gasteiger partial charge is 0.506 e. The number of nitrogens with two attached hydrogens (primary N) is 4. The summed E-state index contributed by atoms with van der Waals surface area (Å²) in [5.41, 5.74) is 30.7. The predicted molar refractivity (Wildman–Crippen MR) is 310 cm³/mol. The zero-order valence-corrected chi connectivity index (χ0v) is 44.5. The van der Waals surface area contributed by atoms with Gasteiger partial charge in [0.1, 0.15) is 68.7 Å². The molecule has 12 heteroatoms. The summed E-state index contributed by atoms with van der Waals surface area (Å²) in [5, 5.41) is 41.6. The SMILES string of the molecule is Nc1c(O)cccc1Oc1ccc(C23CC4CC(c5ccc(Oc6cccc(O)c6N)cc5)(C2)CC(C25CC6CC(c7ccc(Oc8cccc(O)c8N)cc7)(CC(c7ccc(Oc8cccc(O)c8N)cc7)(C6)C2)C5)(C4)C3)cc1. The number of aromatic hydroxyl groups is 4. The van der Waals surface area contributed by atoms with Gasteiger partial charge in [-0.1, -0.05) is 72.8 Å². The third-order valence-corrected chi connectivity index (χ3v) is 20.2. The average molecular weight is 1070 g/mol. The first-order valence-electron chi connectivity index (χ1n) is 28.0. The molecule has 8 aromatic carbocycles. The molecule has 8 saturated carbocycles. The number of hydrogen-bond donors (Lipinski definition) is 8. The van der Waals surface area contributed by atoms with Crippen LogP contribution >= 0.6 is 0 Å². The van der Waals surface area contributed by atoms with Crippen molar-refractivity contribution >= 4 is 22.7 Å². The standard InChI is InChI=1S/C68H66N4O8/c69-59-51(73)5-1-9-55(59)77-47-21-13-43(14-22-47)63-29-41-30-64(35-63,44-15-23-48(24-16-44)78-56-10-2-6-52(74)60(56)70)38-67(33-41,37-63)68-34-42-31-65(39-68,45-17-25-49(26-18-45)79-57-11-3-7-53(75)61(57)71)36-66(32-42,40-68)46-19-27-50(28-20-46)80-58-12-4-8-54(76)62(58)72/h1-28,41-42,73-76H,29-40,69-72H2. The Morgan fingerprint density at radius 3 is 0.738 bits per heavy atom. The van der Waals surface area contributed by atoms with E-state index in [0.717, 1.165) is 64.2 Å². The number of nitrogen functional groups attached to an aromatic ring is 4. The molecule has 12 nitrogen and oxygen atoms in total. The highest BCUT2D eigenvalue weighted by Crippen LogP contribution is 2.82. The van der Waals surface area contributed by atoms with E-state index in [-0.39, 0.29) is 78.2 Å². The molecule has 0 spiro atoms. The lowest BCUT2D eigenvalue weighted by molar-refractivity contribution is -0.224. The van der Waals surface area contributed by atoms with Crippen LogP contribution in [0.25, 0.3) is 0 Å². The Morgan fingerprint density at radius 2 is 0.512 bits per heavy atom. The van der Waals surface area contributed by atoms with Crippen LogP contribution < -0.4 is 41.9 Å². The average Bonchev–Trinajstić information content (AvgIpc) is 3.56. The number of benzene rings is 8. The molecule has 8 bridgehead atoms. The molecule has 4 atom stereocenters. The van der Waals surface area contributed by atoms with Crippen molar-refractivity contribution in [2.75, 3.05) is 22.9 Å². The Bertz CT molecular complexity index is 3250. The Labute approximate surface area is 465 Å². The topological polar surface area (TPSA) is 222 Å². The Balaban J connectivity index is 0.881. The molecule has 80 heavy (non-hydrogen) atoms. The van der Waals surface area contributed by atoms with Gasteiger partial charge in [0, 0.05) is 0 Å². The lowest BCUT2D eigenvalue weighted by Gasteiger charge is -2.77. The van der Waals surface area contributed by atoms with Crippen LogP contribution in [0.4, 0.5) is 22.7 Å². The van der Waals surface area contributed by atoms with Crippen molar-refractivity contribution in [2.45, 2.75) is 98.7 Å². The van der Waals surface area contributed by atoms with Crippen LogP contribution in [-0.4, -0.2) is 20.4 Å². The quantitative estimate of drug-likeness (QED) is 0.0399. The van der Waals surface area contributed by atoms with Gasteiger partial charge in [0.05, 0.1) is 0 Å². The first-order valence-corrected chi connectivity index (χ1v) is 28.0. The van der Waals surface area contributed by atoms with Gasteiger partial charge in [0.25, 0.3) is 0 Å². The van der Waals surface area contributed by atoms with E-state index in [1.807, 2.05) is 0 Å². The number of hydrogen-bond acceptors (Lipinski definition) is 12. The first-order chi connectivity index (χ1) is 38.6. The number of phenols is 4. The van der Waals surface area contributed by atoms with Crippen molar-refractivity contribution in [1.82, 2.24) is 0 Å². The summed E-state index contributed by atoms with van der Waals surface area (Å²) in [6, 6.07) is 55.3. The smallest absolute Gasteiger partial charge is 0.154 e. The molecule has 8 fully saturated rings. The molecule has 406 valence electrons. The van der Waals surface area contributed by atoms with Crippen molar-refractivity contribution in [1.29, 1.82) is 0 Å². The zero-order chi connectivity index (χ0) is 54.8. The van der Waals surface area contributed by atoms with Crippen molar-refractivity contribution in [3.8, 4) is 69.0 Å². The maximum atomic E-state index is 10.4. The van der Waals surface area contributed by atoms with Gasteiger partial charge in [-0.2, -0.15) is 0 Å². The third kappa shape index (κ3) is 7.92. The van der Waals surface area contributed by atoms with Crippen LogP contribution in [0.1, 0.15) is 99.3 Å². The van der Waals surface area contributed by atoms with E-state index in [1.165, 1.54) is 35.1 Å². The van der Waals surface area contributed by atoms with E-state index in [2.05, 4.69) is 97.1 Å². The monoisotopic (exact) mass is 1070 g/mol.